The third-order valence-corrected chi connectivity index (χ3v) is 5.04. The number of carbonyl (C=O) groups excluding carboxylic acids is 1. The van der Waals surface area contributed by atoms with Gasteiger partial charge in [-0.25, -0.2) is 0 Å². The van der Waals surface area contributed by atoms with Crippen molar-refractivity contribution in [2.75, 3.05) is 36.4 Å². The molecule has 1 heterocycles. The molecule has 25 heavy (non-hydrogen) atoms. The molecule has 2 aromatic carbocycles. The molecular weight excluding hydrogens is 382 g/mol. The Morgan fingerprint density at radius 1 is 1.12 bits per heavy atom. The molecule has 0 unspecified atom stereocenters. The number of amides is 1. The molecule has 2 N–H and O–H groups in total. The Hall–Kier alpha value is -2.05. The summed E-state index contributed by atoms with van der Waals surface area (Å²) in [5, 5.41) is 12.4. The van der Waals surface area contributed by atoms with Gasteiger partial charge in [0.1, 0.15) is 5.75 Å². The first-order valence-corrected chi connectivity index (χ1v) is 9.17. The van der Waals surface area contributed by atoms with Crippen molar-refractivity contribution in [1.82, 2.24) is 4.90 Å². The smallest absolute Gasteiger partial charge is 0.241 e. The van der Waals surface area contributed by atoms with E-state index in [1.807, 2.05) is 43.3 Å². The quantitative estimate of drug-likeness (QED) is 0.821. The number of aromatic hydroxyl groups is 1. The van der Waals surface area contributed by atoms with Crippen molar-refractivity contribution < 1.29 is 9.90 Å². The van der Waals surface area contributed by atoms with E-state index in [-0.39, 0.29) is 17.7 Å². The number of carbonyl (C=O) groups is 1. The van der Waals surface area contributed by atoms with Crippen LogP contribution in [0.1, 0.15) is 6.92 Å². The van der Waals surface area contributed by atoms with E-state index in [0.29, 0.717) is 0 Å². The molecule has 1 amide bonds. The molecule has 1 aliphatic rings. The van der Waals surface area contributed by atoms with Crippen LogP contribution in [0, 0.1) is 0 Å². The van der Waals surface area contributed by atoms with Crippen molar-refractivity contribution in [1.29, 1.82) is 0 Å². The van der Waals surface area contributed by atoms with E-state index < -0.39 is 0 Å². The molecule has 0 spiro atoms. The van der Waals surface area contributed by atoms with Gasteiger partial charge in [-0.2, -0.15) is 0 Å². The Bertz CT molecular complexity index is 728. The highest BCUT2D eigenvalue weighted by Gasteiger charge is 2.25. The number of benzene rings is 2. The molecule has 2 aromatic rings. The Balaban J connectivity index is 1.54. The standard InChI is InChI=1S/C19H22BrN3O2/c1-14(19(25)21-16-4-2-3-15(20)13-16)22-9-11-23(12-10-22)17-5-7-18(24)8-6-17/h2-8,13-14,24H,9-12H2,1H3,(H,21,25)/t14-/m1/s1. The van der Waals surface area contributed by atoms with Gasteiger partial charge in [-0.3, -0.25) is 9.69 Å². The fraction of sp³-hybridized carbons (Fsp3) is 0.316. The van der Waals surface area contributed by atoms with E-state index >= 15 is 0 Å². The van der Waals surface area contributed by atoms with E-state index in [9.17, 15) is 9.90 Å². The van der Waals surface area contributed by atoms with Crippen LogP contribution < -0.4 is 10.2 Å². The molecule has 5 nitrogen and oxygen atoms in total. The molecule has 0 aliphatic carbocycles. The van der Waals surface area contributed by atoms with Gasteiger partial charge in [-0.1, -0.05) is 22.0 Å². The Morgan fingerprint density at radius 3 is 2.44 bits per heavy atom. The normalized spacial score (nSPS) is 16.5. The summed E-state index contributed by atoms with van der Waals surface area (Å²) in [6.45, 7) is 5.32. The maximum Gasteiger partial charge on any atom is 0.241 e. The van der Waals surface area contributed by atoms with Crippen molar-refractivity contribution in [3.05, 3.63) is 53.0 Å². The zero-order chi connectivity index (χ0) is 17.8. The third kappa shape index (κ3) is 4.52. The predicted molar refractivity (Wildman–Crippen MR) is 104 cm³/mol. The number of piperazine rings is 1. The second-order valence-electron chi connectivity index (χ2n) is 6.21. The summed E-state index contributed by atoms with van der Waals surface area (Å²) in [4.78, 5) is 17.0. The van der Waals surface area contributed by atoms with Crippen LogP contribution in [-0.2, 0) is 4.79 Å². The third-order valence-electron chi connectivity index (χ3n) is 4.55. The molecule has 0 radical (unpaired) electrons. The molecular formula is C19H22BrN3O2. The first-order valence-electron chi connectivity index (χ1n) is 8.37. The van der Waals surface area contributed by atoms with Crippen molar-refractivity contribution in [3.8, 4) is 5.75 Å². The maximum absolute atomic E-state index is 12.5. The summed E-state index contributed by atoms with van der Waals surface area (Å²) >= 11 is 3.42. The SMILES string of the molecule is C[C@H](C(=O)Nc1cccc(Br)c1)N1CCN(c2ccc(O)cc2)CC1. The molecule has 1 aliphatic heterocycles. The van der Waals surface area contributed by atoms with Gasteiger partial charge in [0, 0.05) is 42.0 Å². The highest BCUT2D eigenvalue weighted by Crippen LogP contribution is 2.21. The van der Waals surface area contributed by atoms with Gasteiger partial charge >= 0.3 is 0 Å². The van der Waals surface area contributed by atoms with Crippen LogP contribution in [0.15, 0.2) is 53.0 Å². The molecule has 0 aromatic heterocycles. The highest BCUT2D eigenvalue weighted by molar-refractivity contribution is 9.10. The summed E-state index contributed by atoms with van der Waals surface area (Å²) < 4.78 is 0.945. The van der Waals surface area contributed by atoms with Crippen LogP contribution in [0.3, 0.4) is 0 Å². The van der Waals surface area contributed by atoms with Crippen LogP contribution in [0.4, 0.5) is 11.4 Å². The number of nitrogens with zero attached hydrogens (tertiary/aromatic N) is 2. The Morgan fingerprint density at radius 2 is 1.80 bits per heavy atom. The lowest BCUT2D eigenvalue weighted by atomic mass is 10.2. The number of anilines is 2. The van der Waals surface area contributed by atoms with Gasteiger partial charge in [-0.15, -0.1) is 0 Å². The first kappa shape index (κ1) is 17.8. The van der Waals surface area contributed by atoms with E-state index in [1.54, 1.807) is 12.1 Å². The average Bonchev–Trinajstić information content (AvgIpc) is 2.62. The van der Waals surface area contributed by atoms with Crippen molar-refractivity contribution >= 4 is 33.2 Å². The first-order chi connectivity index (χ1) is 12.0. The van der Waals surface area contributed by atoms with Crippen LogP contribution in [-0.4, -0.2) is 48.1 Å². The zero-order valence-corrected chi connectivity index (χ0v) is 15.7. The lowest BCUT2D eigenvalue weighted by Gasteiger charge is -2.38. The number of hydrogen-bond donors (Lipinski definition) is 2. The number of halogens is 1. The summed E-state index contributed by atoms with van der Waals surface area (Å²) in [5.74, 6) is 0.288. The Kier molecular flexibility index (Phi) is 5.60. The number of nitrogens with one attached hydrogen (secondary N) is 1. The lowest BCUT2D eigenvalue weighted by molar-refractivity contribution is -0.120. The fourth-order valence-corrected chi connectivity index (χ4v) is 3.41. The molecule has 1 atom stereocenters. The lowest BCUT2D eigenvalue weighted by Crippen LogP contribution is -2.52. The second-order valence-corrected chi connectivity index (χ2v) is 7.13. The molecule has 1 fully saturated rings. The number of phenols is 1. The summed E-state index contributed by atoms with van der Waals surface area (Å²) in [6.07, 6.45) is 0. The number of rotatable bonds is 4. The highest BCUT2D eigenvalue weighted by atomic mass is 79.9. The summed E-state index contributed by atoms with van der Waals surface area (Å²) in [6, 6.07) is 14.7. The van der Waals surface area contributed by atoms with Gasteiger partial charge < -0.3 is 15.3 Å². The van der Waals surface area contributed by atoms with Gasteiger partial charge in [0.15, 0.2) is 0 Å². The molecule has 3 rings (SSSR count). The van der Waals surface area contributed by atoms with Crippen LogP contribution in [0.5, 0.6) is 5.75 Å². The monoisotopic (exact) mass is 403 g/mol. The minimum Gasteiger partial charge on any atom is -0.508 e. The van der Waals surface area contributed by atoms with Gasteiger partial charge in [0.25, 0.3) is 0 Å². The topological polar surface area (TPSA) is 55.8 Å². The molecule has 1 saturated heterocycles. The molecule has 6 heteroatoms. The Labute approximate surface area is 156 Å². The second kappa shape index (κ2) is 7.89. The van der Waals surface area contributed by atoms with E-state index in [4.69, 9.17) is 0 Å². The summed E-state index contributed by atoms with van der Waals surface area (Å²) in [7, 11) is 0. The van der Waals surface area contributed by atoms with Crippen molar-refractivity contribution in [3.63, 3.8) is 0 Å². The number of phenolic OH excluding ortho intramolecular Hbond substituents is 1. The van der Waals surface area contributed by atoms with Crippen LogP contribution in [0.25, 0.3) is 0 Å². The van der Waals surface area contributed by atoms with Crippen molar-refractivity contribution in [2.24, 2.45) is 0 Å². The van der Waals surface area contributed by atoms with Crippen LogP contribution >= 0.6 is 15.9 Å². The zero-order valence-electron chi connectivity index (χ0n) is 14.2. The minimum absolute atomic E-state index is 0.0104. The van der Waals surface area contributed by atoms with Crippen LogP contribution in [0.2, 0.25) is 0 Å². The maximum atomic E-state index is 12.5. The van der Waals surface area contributed by atoms with E-state index in [1.165, 1.54) is 0 Å². The molecule has 0 bridgehead atoms. The largest absolute Gasteiger partial charge is 0.508 e. The number of hydrogen-bond acceptors (Lipinski definition) is 4. The van der Waals surface area contributed by atoms with Crippen molar-refractivity contribution in [2.45, 2.75) is 13.0 Å². The van der Waals surface area contributed by atoms with Gasteiger partial charge in [0.05, 0.1) is 6.04 Å². The predicted octanol–water partition coefficient (Wildman–Crippen LogP) is 3.30. The fourth-order valence-electron chi connectivity index (χ4n) is 3.01. The summed E-state index contributed by atoms with van der Waals surface area (Å²) in [5.41, 5.74) is 1.90. The minimum atomic E-state index is -0.180. The molecule has 132 valence electrons. The average molecular weight is 404 g/mol. The van der Waals surface area contributed by atoms with Gasteiger partial charge in [0.2, 0.25) is 5.91 Å². The molecule has 0 saturated carbocycles. The van der Waals surface area contributed by atoms with E-state index in [0.717, 1.165) is 42.0 Å². The van der Waals surface area contributed by atoms with E-state index in [2.05, 4.69) is 31.0 Å². The van der Waals surface area contributed by atoms with Gasteiger partial charge in [-0.05, 0) is 49.4 Å².